The third kappa shape index (κ3) is 1.93. The van der Waals surface area contributed by atoms with Crippen LogP contribution in [0.3, 0.4) is 0 Å². The lowest BCUT2D eigenvalue weighted by molar-refractivity contribution is 0.262. The van der Waals surface area contributed by atoms with Crippen LogP contribution in [-0.2, 0) is 4.74 Å². The quantitative estimate of drug-likeness (QED) is 0.666. The van der Waals surface area contributed by atoms with Gasteiger partial charge in [-0.15, -0.1) is 0 Å². The van der Waals surface area contributed by atoms with Gasteiger partial charge in [-0.2, -0.15) is 0 Å². The zero-order chi connectivity index (χ0) is 10.1. The summed E-state index contributed by atoms with van der Waals surface area (Å²) in [6.45, 7) is 0. The Balaban J connectivity index is 1.64. The van der Waals surface area contributed by atoms with Crippen LogP contribution in [0, 0.1) is 5.92 Å². The van der Waals surface area contributed by atoms with Crippen molar-refractivity contribution in [3.8, 4) is 0 Å². The third-order valence-electron chi connectivity index (χ3n) is 3.77. The zero-order valence-corrected chi connectivity index (χ0v) is 9.06. The molecule has 80 valence electrons. The first-order chi connectivity index (χ1) is 7.45. The molecule has 1 aromatic rings. The van der Waals surface area contributed by atoms with E-state index in [0.29, 0.717) is 12.2 Å². The van der Waals surface area contributed by atoms with Crippen LogP contribution in [-0.4, -0.2) is 6.10 Å². The van der Waals surface area contributed by atoms with Gasteiger partial charge in [0.1, 0.15) is 6.10 Å². The van der Waals surface area contributed by atoms with E-state index in [1.165, 1.54) is 37.7 Å². The summed E-state index contributed by atoms with van der Waals surface area (Å²) in [4.78, 5) is 0. The maximum Gasteiger partial charge on any atom is 0.109 e. The van der Waals surface area contributed by atoms with Gasteiger partial charge in [0.2, 0.25) is 0 Å². The number of hydrogen-bond donors (Lipinski definition) is 0. The van der Waals surface area contributed by atoms with Crippen molar-refractivity contribution in [1.29, 1.82) is 0 Å². The highest BCUT2D eigenvalue weighted by molar-refractivity contribution is 5.22. The molecule has 15 heavy (non-hydrogen) atoms. The van der Waals surface area contributed by atoms with Gasteiger partial charge in [-0.3, -0.25) is 0 Å². The summed E-state index contributed by atoms with van der Waals surface area (Å²) in [5.74, 6) is 0.837. The molecule has 0 spiro atoms. The minimum absolute atomic E-state index is 0.411. The minimum atomic E-state index is 0.411. The predicted octanol–water partition coefficient (Wildman–Crippen LogP) is 3.71. The van der Waals surface area contributed by atoms with Gasteiger partial charge in [0.05, 0.1) is 6.10 Å². The minimum Gasteiger partial charge on any atom is -0.364 e. The maximum absolute atomic E-state index is 5.84. The highest BCUT2D eigenvalue weighted by Crippen LogP contribution is 2.47. The Morgan fingerprint density at radius 2 is 1.67 bits per heavy atom. The Morgan fingerprint density at radius 3 is 2.40 bits per heavy atom. The van der Waals surface area contributed by atoms with Gasteiger partial charge in [-0.05, 0) is 24.3 Å². The fourth-order valence-corrected chi connectivity index (χ4v) is 2.86. The van der Waals surface area contributed by atoms with Crippen molar-refractivity contribution in [2.75, 3.05) is 0 Å². The summed E-state index contributed by atoms with van der Waals surface area (Å²) >= 11 is 0. The molecule has 1 heterocycles. The molecule has 0 amide bonds. The molecule has 3 rings (SSSR count). The molecule has 1 aliphatic carbocycles. The van der Waals surface area contributed by atoms with E-state index in [4.69, 9.17) is 4.74 Å². The maximum atomic E-state index is 5.84. The van der Waals surface area contributed by atoms with Crippen molar-refractivity contribution < 1.29 is 4.74 Å². The molecule has 0 unspecified atom stereocenters. The van der Waals surface area contributed by atoms with Gasteiger partial charge in [0.25, 0.3) is 0 Å². The topological polar surface area (TPSA) is 12.5 Å². The van der Waals surface area contributed by atoms with Crippen molar-refractivity contribution >= 4 is 0 Å². The van der Waals surface area contributed by atoms with Gasteiger partial charge < -0.3 is 4.74 Å². The Hall–Kier alpha value is -0.820. The van der Waals surface area contributed by atoms with Crippen LogP contribution in [0.4, 0.5) is 0 Å². The fraction of sp³-hybridized carbons (Fsp3) is 0.571. The first-order valence-corrected chi connectivity index (χ1v) is 6.15. The molecule has 1 saturated carbocycles. The van der Waals surface area contributed by atoms with Crippen molar-refractivity contribution in [3.05, 3.63) is 35.9 Å². The van der Waals surface area contributed by atoms with Crippen LogP contribution in [0.15, 0.2) is 30.3 Å². The molecule has 1 aromatic carbocycles. The second-order valence-electron chi connectivity index (χ2n) is 4.83. The van der Waals surface area contributed by atoms with Gasteiger partial charge in [-0.1, -0.05) is 49.6 Å². The molecule has 1 heteroatoms. The summed E-state index contributed by atoms with van der Waals surface area (Å²) in [5, 5.41) is 0. The highest BCUT2D eigenvalue weighted by Gasteiger charge is 2.45. The molecular weight excluding hydrogens is 184 g/mol. The van der Waals surface area contributed by atoms with Crippen LogP contribution in [0.25, 0.3) is 0 Å². The second kappa shape index (κ2) is 3.97. The van der Waals surface area contributed by atoms with Crippen molar-refractivity contribution in [2.24, 2.45) is 5.92 Å². The van der Waals surface area contributed by atoms with Gasteiger partial charge in [-0.25, -0.2) is 0 Å². The van der Waals surface area contributed by atoms with Crippen LogP contribution in [0.5, 0.6) is 0 Å². The van der Waals surface area contributed by atoms with Crippen LogP contribution in [0.2, 0.25) is 0 Å². The summed E-state index contributed by atoms with van der Waals surface area (Å²) < 4.78 is 5.84. The summed E-state index contributed by atoms with van der Waals surface area (Å²) in [5.41, 5.74) is 1.37. The molecule has 2 aliphatic rings. The summed E-state index contributed by atoms with van der Waals surface area (Å²) in [6, 6.07) is 10.7. The standard InChI is InChI=1S/C14H18O/c1-3-7-11(8-4-1)13-14(15-13)12-9-5-2-6-10-12/h1,3-4,7-8,12-14H,2,5-6,9-10H2/t13-,14-/m0/s1. The van der Waals surface area contributed by atoms with Crippen LogP contribution >= 0.6 is 0 Å². The molecule has 2 fully saturated rings. The Morgan fingerprint density at radius 1 is 0.933 bits per heavy atom. The van der Waals surface area contributed by atoms with E-state index in [2.05, 4.69) is 30.3 Å². The van der Waals surface area contributed by atoms with Gasteiger partial charge in [0, 0.05) is 0 Å². The van der Waals surface area contributed by atoms with Crippen molar-refractivity contribution in [1.82, 2.24) is 0 Å². The fourth-order valence-electron chi connectivity index (χ4n) is 2.86. The molecule has 1 nitrogen and oxygen atoms in total. The molecule has 0 bridgehead atoms. The van der Waals surface area contributed by atoms with Crippen LogP contribution in [0.1, 0.15) is 43.8 Å². The van der Waals surface area contributed by atoms with Gasteiger partial charge >= 0.3 is 0 Å². The van der Waals surface area contributed by atoms with E-state index < -0.39 is 0 Å². The monoisotopic (exact) mass is 202 g/mol. The number of epoxide rings is 1. The summed E-state index contributed by atoms with van der Waals surface area (Å²) in [7, 11) is 0. The first kappa shape index (κ1) is 9.41. The largest absolute Gasteiger partial charge is 0.364 e. The Kier molecular flexibility index (Phi) is 2.49. The van der Waals surface area contributed by atoms with Crippen molar-refractivity contribution in [3.63, 3.8) is 0 Å². The van der Waals surface area contributed by atoms with E-state index in [1.807, 2.05) is 0 Å². The molecule has 2 atom stereocenters. The number of rotatable bonds is 2. The lowest BCUT2D eigenvalue weighted by Crippen LogP contribution is -2.12. The zero-order valence-electron chi connectivity index (χ0n) is 9.06. The average Bonchev–Trinajstić information content (AvgIpc) is 3.11. The van der Waals surface area contributed by atoms with E-state index in [0.717, 1.165) is 5.92 Å². The number of benzene rings is 1. The molecular formula is C14H18O. The third-order valence-corrected chi connectivity index (χ3v) is 3.77. The van der Waals surface area contributed by atoms with E-state index >= 15 is 0 Å². The first-order valence-electron chi connectivity index (χ1n) is 6.15. The predicted molar refractivity (Wildman–Crippen MR) is 60.6 cm³/mol. The Labute approximate surface area is 91.5 Å². The average molecular weight is 202 g/mol. The Bertz CT molecular complexity index is 313. The summed E-state index contributed by atoms with van der Waals surface area (Å²) in [6.07, 6.45) is 7.96. The molecule has 0 N–H and O–H groups in total. The van der Waals surface area contributed by atoms with E-state index in [1.54, 1.807) is 0 Å². The SMILES string of the molecule is c1ccc([C@@H]2O[C@H]2C2CCCCC2)cc1. The molecule has 1 aliphatic heterocycles. The second-order valence-corrected chi connectivity index (χ2v) is 4.83. The molecule has 1 saturated heterocycles. The lowest BCUT2D eigenvalue weighted by atomic mass is 9.85. The van der Waals surface area contributed by atoms with E-state index in [9.17, 15) is 0 Å². The van der Waals surface area contributed by atoms with Gasteiger partial charge in [0.15, 0.2) is 0 Å². The normalized spacial score (nSPS) is 31.5. The molecule has 0 radical (unpaired) electrons. The number of hydrogen-bond acceptors (Lipinski definition) is 1. The highest BCUT2D eigenvalue weighted by atomic mass is 16.6. The molecule has 0 aromatic heterocycles. The lowest BCUT2D eigenvalue weighted by Gasteiger charge is -2.19. The van der Waals surface area contributed by atoms with E-state index in [-0.39, 0.29) is 0 Å². The van der Waals surface area contributed by atoms with Crippen molar-refractivity contribution in [2.45, 2.75) is 44.3 Å². The smallest absolute Gasteiger partial charge is 0.109 e. The van der Waals surface area contributed by atoms with Crippen LogP contribution < -0.4 is 0 Å². The number of ether oxygens (including phenoxy) is 1.